The highest BCUT2D eigenvalue weighted by Crippen LogP contribution is 2.25. The summed E-state index contributed by atoms with van der Waals surface area (Å²) in [5.41, 5.74) is 3.06. The van der Waals surface area contributed by atoms with Crippen molar-refractivity contribution in [3.63, 3.8) is 0 Å². The Kier molecular flexibility index (Phi) is 4.21. The third-order valence-electron chi connectivity index (χ3n) is 2.78. The van der Waals surface area contributed by atoms with Gasteiger partial charge in [0.15, 0.2) is 5.13 Å². The largest absolute Gasteiger partial charge is 0.259 e. The standard InChI is InChI=1S/C13H16N2O2S2/c1-3-10-5-7-11(8-6-10)12-9-18-13(14-12)15-19(16,17)4-2/h5-9H,3-4H2,1-2H3,(H,14,15). The number of nitrogens with one attached hydrogen (secondary N) is 1. The van der Waals surface area contributed by atoms with Crippen molar-refractivity contribution >= 4 is 26.5 Å². The molecule has 6 heteroatoms. The van der Waals surface area contributed by atoms with Gasteiger partial charge in [-0.3, -0.25) is 4.72 Å². The minimum Gasteiger partial charge on any atom is -0.259 e. The zero-order valence-electron chi connectivity index (χ0n) is 10.9. The Morgan fingerprint density at radius 3 is 2.47 bits per heavy atom. The van der Waals surface area contributed by atoms with E-state index < -0.39 is 10.0 Å². The summed E-state index contributed by atoms with van der Waals surface area (Å²) in [6.07, 6.45) is 0.999. The fourth-order valence-electron chi connectivity index (χ4n) is 1.57. The molecule has 0 amide bonds. The van der Waals surface area contributed by atoms with Gasteiger partial charge in [-0.15, -0.1) is 11.3 Å². The first-order chi connectivity index (χ1) is 9.04. The second-order valence-corrected chi connectivity index (χ2v) is 6.96. The van der Waals surface area contributed by atoms with E-state index in [0.717, 1.165) is 17.7 Å². The topological polar surface area (TPSA) is 59.1 Å². The van der Waals surface area contributed by atoms with Crippen LogP contribution in [0.5, 0.6) is 0 Å². The Morgan fingerprint density at radius 1 is 1.21 bits per heavy atom. The Labute approximate surface area is 117 Å². The molecule has 0 aliphatic heterocycles. The molecule has 4 nitrogen and oxygen atoms in total. The molecule has 1 N–H and O–H groups in total. The highest BCUT2D eigenvalue weighted by Gasteiger charge is 2.10. The molecule has 0 radical (unpaired) electrons. The van der Waals surface area contributed by atoms with E-state index in [1.807, 2.05) is 17.5 Å². The molecular formula is C13H16N2O2S2. The van der Waals surface area contributed by atoms with Crippen molar-refractivity contribution < 1.29 is 8.42 Å². The first kappa shape index (κ1) is 14.0. The number of sulfonamides is 1. The van der Waals surface area contributed by atoms with Crippen LogP contribution in [0, 0.1) is 0 Å². The van der Waals surface area contributed by atoms with Crippen LogP contribution in [0.15, 0.2) is 29.6 Å². The van der Waals surface area contributed by atoms with E-state index in [2.05, 4.69) is 28.8 Å². The molecule has 0 aliphatic rings. The Morgan fingerprint density at radius 2 is 1.89 bits per heavy atom. The molecule has 0 saturated heterocycles. The normalized spacial score (nSPS) is 11.5. The first-order valence-electron chi connectivity index (χ1n) is 6.09. The monoisotopic (exact) mass is 296 g/mol. The zero-order valence-corrected chi connectivity index (χ0v) is 12.5. The molecule has 1 heterocycles. The number of hydrogen-bond acceptors (Lipinski definition) is 4. The lowest BCUT2D eigenvalue weighted by molar-refractivity contribution is 0.602. The van der Waals surface area contributed by atoms with Crippen molar-refractivity contribution in [1.82, 2.24) is 4.98 Å². The quantitative estimate of drug-likeness (QED) is 0.922. The van der Waals surface area contributed by atoms with E-state index in [9.17, 15) is 8.42 Å². The van der Waals surface area contributed by atoms with Crippen LogP contribution in [0.3, 0.4) is 0 Å². The van der Waals surface area contributed by atoms with Gasteiger partial charge in [0.25, 0.3) is 0 Å². The highest BCUT2D eigenvalue weighted by molar-refractivity contribution is 7.92. The maximum Gasteiger partial charge on any atom is 0.234 e. The van der Waals surface area contributed by atoms with Gasteiger partial charge in [0.2, 0.25) is 10.0 Å². The molecule has 0 unspecified atom stereocenters. The molecule has 0 atom stereocenters. The SMILES string of the molecule is CCc1ccc(-c2csc(NS(=O)(=O)CC)n2)cc1. The summed E-state index contributed by atoms with van der Waals surface area (Å²) in [7, 11) is -3.25. The van der Waals surface area contributed by atoms with Gasteiger partial charge >= 0.3 is 0 Å². The fraction of sp³-hybridized carbons (Fsp3) is 0.308. The lowest BCUT2D eigenvalue weighted by Crippen LogP contribution is -2.14. The third-order valence-corrected chi connectivity index (χ3v) is 4.94. The predicted molar refractivity (Wildman–Crippen MR) is 80.0 cm³/mol. The van der Waals surface area contributed by atoms with Crippen LogP contribution in [0.1, 0.15) is 19.4 Å². The average molecular weight is 296 g/mol. The molecule has 2 aromatic rings. The molecule has 0 bridgehead atoms. The van der Waals surface area contributed by atoms with Crippen LogP contribution in [0.2, 0.25) is 0 Å². The molecule has 1 aromatic heterocycles. The molecule has 102 valence electrons. The predicted octanol–water partition coefficient (Wildman–Crippen LogP) is 3.13. The minimum atomic E-state index is -3.25. The Bertz CT molecular complexity index is 646. The lowest BCUT2D eigenvalue weighted by atomic mass is 10.1. The van der Waals surface area contributed by atoms with E-state index in [1.54, 1.807) is 6.92 Å². The molecule has 1 aromatic carbocycles. The summed E-state index contributed by atoms with van der Waals surface area (Å²) in [6, 6.07) is 8.13. The van der Waals surface area contributed by atoms with Gasteiger partial charge in [-0.05, 0) is 18.9 Å². The van der Waals surface area contributed by atoms with Gasteiger partial charge < -0.3 is 0 Å². The highest BCUT2D eigenvalue weighted by atomic mass is 32.2. The Hall–Kier alpha value is -1.40. The number of nitrogens with zero attached hydrogens (tertiary/aromatic N) is 1. The van der Waals surface area contributed by atoms with E-state index in [0.29, 0.717) is 5.13 Å². The molecule has 0 spiro atoms. The van der Waals surface area contributed by atoms with Crippen LogP contribution >= 0.6 is 11.3 Å². The number of anilines is 1. The van der Waals surface area contributed by atoms with Crippen molar-refractivity contribution in [2.45, 2.75) is 20.3 Å². The molecule has 0 aliphatic carbocycles. The van der Waals surface area contributed by atoms with E-state index in [-0.39, 0.29) is 5.75 Å². The van der Waals surface area contributed by atoms with Crippen LogP contribution in [0.4, 0.5) is 5.13 Å². The van der Waals surface area contributed by atoms with E-state index >= 15 is 0 Å². The summed E-state index contributed by atoms with van der Waals surface area (Å²) in [6.45, 7) is 3.70. The van der Waals surface area contributed by atoms with Gasteiger partial charge in [-0.2, -0.15) is 0 Å². The summed E-state index contributed by atoms with van der Waals surface area (Å²) >= 11 is 1.30. The van der Waals surface area contributed by atoms with Crippen LogP contribution < -0.4 is 4.72 Å². The van der Waals surface area contributed by atoms with Gasteiger partial charge in [0, 0.05) is 10.9 Å². The number of aromatic nitrogens is 1. The molecule has 19 heavy (non-hydrogen) atoms. The van der Waals surface area contributed by atoms with E-state index in [1.165, 1.54) is 16.9 Å². The minimum absolute atomic E-state index is 0.0487. The van der Waals surface area contributed by atoms with Crippen molar-refractivity contribution in [2.24, 2.45) is 0 Å². The van der Waals surface area contributed by atoms with Crippen LogP contribution in [-0.4, -0.2) is 19.2 Å². The summed E-state index contributed by atoms with van der Waals surface area (Å²) in [4.78, 5) is 4.30. The number of hydrogen-bond donors (Lipinski definition) is 1. The number of thiazole rings is 1. The molecule has 2 rings (SSSR count). The average Bonchev–Trinajstić information content (AvgIpc) is 2.86. The third kappa shape index (κ3) is 3.54. The lowest BCUT2D eigenvalue weighted by Gasteiger charge is -2.01. The maximum atomic E-state index is 11.5. The van der Waals surface area contributed by atoms with Crippen molar-refractivity contribution in [3.05, 3.63) is 35.2 Å². The van der Waals surface area contributed by atoms with Crippen LogP contribution in [0.25, 0.3) is 11.3 Å². The second kappa shape index (κ2) is 5.71. The fourth-order valence-corrected chi connectivity index (χ4v) is 3.16. The number of aryl methyl sites for hydroxylation is 1. The first-order valence-corrected chi connectivity index (χ1v) is 8.62. The van der Waals surface area contributed by atoms with Crippen molar-refractivity contribution in [1.29, 1.82) is 0 Å². The van der Waals surface area contributed by atoms with Gasteiger partial charge in [-0.25, -0.2) is 13.4 Å². The summed E-state index contributed by atoms with van der Waals surface area (Å²) < 4.78 is 25.4. The van der Waals surface area contributed by atoms with Crippen LogP contribution in [-0.2, 0) is 16.4 Å². The van der Waals surface area contributed by atoms with E-state index in [4.69, 9.17) is 0 Å². The second-order valence-electron chi connectivity index (χ2n) is 4.09. The van der Waals surface area contributed by atoms with Crippen molar-refractivity contribution in [2.75, 3.05) is 10.5 Å². The van der Waals surface area contributed by atoms with Gasteiger partial charge in [0.05, 0.1) is 11.4 Å². The van der Waals surface area contributed by atoms with Crippen molar-refractivity contribution in [3.8, 4) is 11.3 Å². The number of rotatable bonds is 5. The maximum absolute atomic E-state index is 11.5. The Balaban J connectivity index is 2.20. The number of benzene rings is 1. The zero-order chi connectivity index (χ0) is 13.9. The molecular weight excluding hydrogens is 280 g/mol. The summed E-state index contributed by atoms with van der Waals surface area (Å²) in [5, 5.41) is 2.27. The molecule has 0 saturated carbocycles. The molecule has 0 fully saturated rings. The summed E-state index contributed by atoms with van der Waals surface area (Å²) in [5.74, 6) is 0.0487. The smallest absolute Gasteiger partial charge is 0.234 e. The van der Waals surface area contributed by atoms with Gasteiger partial charge in [0.1, 0.15) is 0 Å². The van der Waals surface area contributed by atoms with Gasteiger partial charge in [-0.1, -0.05) is 31.2 Å².